The third-order valence-electron chi connectivity index (χ3n) is 1.58. The maximum absolute atomic E-state index is 5.48. The van der Waals surface area contributed by atoms with Crippen LogP contribution in [0.4, 0.5) is 0 Å². The van der Waals surface area contributed by atoms with Gasteiger partial charge in [0.15, 0.2) is 0 Å². The average molecular weight is 137 g/mol. The molecule has 0 atom stereocenters. The minimum Gasteiger partial charge on any atom is -0.399 e. The second-order valence-corrected chi connectivity index (χ2v) is 2.29. The van der Waals surface area contributed by atoms with Crippen molar-refractivity contribution in [1.29, 1.82) is 0 Å². The molecule has 0 spiro atoms. The third kappa shape index (κ3) is 0.900. The predicted molar refractivity (Wildman–Crippen MR) is 41.2 cm³/mol. The number of aromatic nitrogens is 2. The summed E-state index contributed by atoms with van der Waals surface area (Å²) < 4.78 is 1.77. The molecule has 1 heterocycles. The third-order valence-corrected chi connectivity index (χ3v) is 1.58. The summed E-state index contributed by atoms with van der Waals surface area (Å²) in [6.45, 7) is 5.58. The fraction of sp³-hybridized carbons (Fsp3) is 0.286. The van der Waals surface area contributed by atoms with Gasteiger partial charge in [-0.05, 0) is 6.92 Å². The van der Waals surface area contributed by atoms with E-state index in [1.54, 1.807) is 10.9 Å². The monoisotopic (exact) mass is 137 g/mol. The highest BCUT2D eigenvalue weighted by Crippen LogP contribution is 2.10. The Morgan fingerprint density at radius 2 is 2.40 bits per heavy atom. The van der Waals surface area contributed by atoms with Crippen molar-refractivity contribution in [2.75, 3.05) is 0 Å². The van der Waals surface area contributed by atoms with Crippen LogP contribution in [0, 0.1) is 6.92 Å². The number of hydrogen-bond donors (Lipinski definition) is 1. The maximum atomic E-state index is 5.48. The molecule has 0 saturated carbocycles. The van der Waals surface area contributed by atoms with Gasteiger partial charge >= 0.3 is 0 Å². The summed E-state index contributed by atoms with van der Waals surface area (Å²) in [6, 6.07) is 0. The van der Waals surface area contributed by atoms with Gasteiger partial charge in [0.25, 0.3) is 0 Å². The van der Waals surface area contributed by atoms with Crippen LogP contribution in [0.15, 0.2) is 12.8 Å². The molecule has 0 aliphatic carbocycles. The zero-order chi connectivity index (χ0) is 7.72. The van der Waals surface area contributed by atoms with Crippen LogP contribution in [0.3, 0.4) is 0 Å². The molecule has 1 rings (SSSR count). The van der Waals surface area contributed by atoms with Gasteiger partial charge in [0.2, 0.25) is 0 Å². The summed E-state index contributed by atoms with van der Waals surface area (Å²) in [5.74, 6) is 0. The summed E-state index contributed by atoms with van der Waals surface area (Å²) in [5, 5.41) is 4.01. The Bertz CT molecular complexity index is 260. The quantitative estimate of drug-likeness (QED) is 0.618. The summed E-state index contributed by atoms with van der Waals surface area (Å²) in [7, 11) is 1.88. The van der Waals surface area contributed by atoms with Crippen LogP contribution in [0.1, 0.15) is 11.3 Å². The van der Waals surface area contributed by atoms with Crippen LogP contribution in [0.2, 0.25) is 0 Å². The number of rotatable bonds is 1. The second-order valence-electron chi connectivity index (χ2n) is 2.29. The lowest BCUT2D eigenvalue weighted by Gasteiger charge is -1.96. The Kier molecular flexibility index (Phi) is 1.49. The van der Waals surface area contributed by atoms with E-state index in [0.717, 1.165) is 11.3 Å². The van der Waals surface area contributed by atoms with Gasteiger partial charge in [0.1, 0.15) is 0 Å². The molecule has 3 heteroatoms. The standard InChI is InChI=1S/C7H11N3/c1-5(8)7-4-9-10(3)6(7)2/h4H,1,8H2,2-3H3. The van der Waals surface area contributed by atoms with Crippen LogP contribution in [-0.2, 0) is 7.05 Å². The normalized spacial score (nSPS) is 9.80. The first-order valence-electron chi connectivity index (χ1n) is 3.06. The molecule has 10 heavy (non-hydrogen) atoms. The Hall–Kier alpha value is -1.25. The lowest BCUT2D eigenvalue weighted by atomic mass is 10.2. The van der Waals surface area contributed by atoms with Crippen LogP contribution in [0.25, 0.3) is 5.70 Å². The van der Waals surface area contributed by atoms with E-state index >= 15 is 0 Å². The van der Waals surface area contributed by atoms with Crippen molar-refractivity contribution in [1.82, 2.24) is 9.78 Å². The van der Waals surface area contributed by atoms with Crippen molar-refractivity contribution < 1.29 is 0 Å². The summed E-state index contributed by atoms with van der Waals surface area (Å²) in [6.07, 6.45) is 1.72. The SMILES string of the molecule is C=C(N)c1cnn(C)c1C. The van der Waals surface area contributed by atoms with E-state index in [4.69, 9.17) is 5.73 Å². The molecule has 0 amide bonds. The molecule has 0 aliphatic rings. The molecule has 0 unspecified atom stereocenters. The van der Waals surface area contributed by atoms with Gasteiger partial charge < -0.3 is 5.73 Å². The first-order chi connectivity index (χ1) is 4.63. The highest BCUT2D eigenvalue weighted by atomic mass is 15.3. The van der Waals surface area contributed by atoms with Crippen molar-refractivity contribution in [2.24, 2.45) is 12.8 Å². The number of nitrogens with zero attached hydrogens (tertiary/aromatic N) is 2. The van der Waals surface area contributed by atoms with Gasteiger partial charge in [-0.15, -0.1) is 0 Å². The fourth-order valence-corrected chi connectivity index (χ4v) is 0.814. The molecule has 0 aliphatic heterocycles. The fourth-order valence-electron chi connectivity index (χ4n) is 0.814. The number of nitrogens with two attached hydrogens (primary N) is 1. The van der Waals surface area contributed by atoms with E-state index in [1.807, 2.05) is 14.0 Å². The topological polar surface area (TPSA) is 43.8 Å². The second kappa shape index (κ2) is 2.17. The zero-order valence-corrected chi connectivity index (χ0v) is 6.26. The van der Waals surface area contributed by atoms with Crippen molar-refractivity contribution in [2.45, 2.75) is 6.92 Å². The van der Waals surface area contributed by atoms with E-state index in [0.29, 0.717) is 5.70 Å². The van der Waals surface area contributed by atoms with Gasteiger partial charge in [-0.1, -0.05) is 6.58 Å². The van der Waals surface area contributed by atoms with Crippen molar-refractivity contribution >= 4 is 5.70 Å². The van der Waals surface area contributed by atoms with Crippen LogP contribution < -0.4 is 5.73 Å². The summed E-state index contributed by atoms with van der Waals surface area (Å²) in [4.78, 5) is 0. The van der Waals surface area contributed by atoms with Gasteiger partial charge in [-0.3, -0.25) is 4.68 Å². The van der Waals surface area contributed by atoms with Crippen LogP contribution in [0.5, 0.6) is 0 Å². The van der Waals surface area contributed by atoms with E-state index in [-0.39, 0.29) is 0 Å². The zero-order valence-electron chi connectivity index (χ0n) is 6.26. The Balaban J connectivity index is 3.17. The molecular weight excluding hydrogens is 126 g/mol. The van der Waals surface area contributed by atoms with Crippen molar-refractivity contribution in [3.8, 4) is 0 Å². The smallest absolute Gasteiger partial charge is 0.0585 e. The molecule has 3 nitrogen and oxygen atoms in total. The minimum absolute atomic E-state index is 0.575. The van der Waals surface area contributed by atoms with Gasteiger partial charge in [0.05, 0.1) is 6.20 Å². The molecule has 1 aromatic rings. The molecule has 54 valence electrons. The first kappa shape index (κ1) is 6.86. The largest absolute Gasteiger partial charge is 0.399 e. The lowest BCUT2D eigenvalue weighted by Crippen LogP contribution is -1.97. The Morgan fingerprint density at radius 3 is 2.60 bits per heavy atom. The highest BCUT2D eigenvalue weighted by Gasteiger charge is 2.02. The van der Waals surface area contributed by atoms with E-state index in [1.165, 1.54) is 0 Å². The van der Waals surface area contributed by atoms with E-state index in [2.05, 4.69) is 11.7 Å². The molecule has 0 fully saturated rings. The number of aryl methyl sites for hydroxylation is 1. The maximum Gasteiger partial charge on any atom is 0.0585 e. The molecule has 2 N–H and O–H groups in total. The van der Waals surface area contributed by atoms with Gasteiger partial charge in [0, 0.05) is 24.0 Å². The Morgan fingerprint density at radius 1 is 1.80 bits per heavy atom. The number of hydrogen-bond acceptors (Lipinski definition) is 2. The molecule has 0 radical (unpaired) electrons. The molecule has 0 bridgehead atoms. The predicted octanol–water partition coefficient (Wildman–Crippen LogP) is 0.658. The molecular formula is C7H11N3. The van der Waals surface area contributed by atoms with Crippen LogP contribution >= 0.6 is 0 Å². The van der Waals surface area contributed by atoms with Crippen molar-refractivity contribution in [3.63, 3.8) is 0 Å². The van der Waals surface area contributed by atoms with Gasteiger partial charge in [-0.2, -0.15) is 5.10 Å². The first-order valence-corrected chi connectivity index (χ1v) is 3.06. The summed E-state index contributed by atoms with van der Waals surface area (Å²) >= 11 is 0. The average Bonchev–Trinajstić information content (AvgIpc) is 2.14. The van der Waals surface area contributed by atoms with E-state index in [9.17, 15) is 0 Å². The lowest BCUT2D eigenvalue weighted by molar-refractivity contribution is 0.739. The summed E-state index contributed by atoms with van der Waals surface area (Å²) in [5.41, 5.74) is 8.04. The van der Waals surface area contributed by atoms with Gasteiger partial charge in [-0.25, -0.2) is 0 Å². The van der Waals surface area contributed by atoms with E-state index < -0.39 is 0 Å². The minimum atomic E-state index is 0.575. The van der Waals surface area contributed by atoms with Crippen LogP contribution in [-0.4, -0.2) is 9.78 Å². The molecule has 0 aromatic carbocycles. The molecule has 0 saturated heterocycles. The molecule has 1 aromatic heterocycles. The van der Waals surface area contributed by atoms with Crippen molar-refractivity contribution in [3.05, 3.63) is 24.0 Å². The Labute approximate surface area is 60.1 Å². The highest BCUT2D eigenvalue weighted by molar-refractivity contribution is 5.61.